The lowest BCUT2D eigenvalue weighted by molar-refractivity contribution is 0.0399. The summed E-state index contributed by atoms with van der Waals surface area (Å²) in [7, 11) is 1.75. The van der Waals surface area contributed by atoms with Crippen molar-refractivity contribution in [3.05, 3.63) is 83.0 Å². The molecule has 0 bridgehead atoms. The Balaban J connectivity index is 1.52. The number of hydrogen-bond acceptors (Lipinski definition) is 6. The lowest BCUT2D eigenvalue weighted by Crippen LogP contribution is -2.41. The van der Waals surface area contributed by atoms with Crippen molar-refractivity contribution >= 4 is 16.7 Å². The normalized spacial score (nSPS) is 16.7. The van der Waals surface area contributed by atoms with Crippen LogP contribution in [-0.2, 0) is 11.8 Å². The molecule has 0 radical (unpaired) electrons. The molecule has 0 aliphatic carbocycles. The molecule has 2 aromatic carbocycles. The highest BCUT2D eigenvalue weighted by molar-refractivity contribution is 5.86. The van der Waals surface area contributed by atoms with E-state index >= 15 is 0 Å². The molecule has 1 aliphatic rings. The molecule has 0 amide bonds. The van der Waals surface area contributed by atoms with E-state index in [9.17, 15) is 4.79 Å². The summed E-state index contributed by atoms with van der Waals surface area (Å²) < 4.78 is 7.71. The van der Waals surface area contributed by atoms with E-state index in [2.05, 4.69) is 45.2 Å². The van der Waals surface area contributed by atoms with E-state index in [0.29, 0.717) is 37.0 Å². The molecule has 5 rings (SSSR count). The van der Waals surface area contributed by atoms with Gasteiger partial charge in [0.25, 0.3) is 5.56 Å². The highest BCUT2D eigenvalue weighted by Gasteiger charge is 2.26. The lowest BCUT2D eigenvalue weighted by Gasteiger charge is -2.35. The van der Waals surface area contributed by atoms with E-state index in [1.54, 1.807) is 23.9 Å². The van der Waals surface area contributed by atoms with Crippen LogP contribution in [0.4, 0.5) is 5.95 Å². The zero-order valence-electron chi connectivity index (χ0n) is 16.6. The van der Waals surface area contributed by atoms with Crippen molar-refractivity contribution < 1.29 is 4.74 Å². The van der Waals surface area contributed by atoms with Gasteiger partial charge in [0, 0.05) is 25.9 Å². The number of rotatable bonds is 3. The fraction of sp³-hybridized carbons (Fsp3) is 0.217. The fourth-order valence-corrected chi connectivity index (χ4v) is 3.93. The zero-order chi connectivity index (χ0) is 20.5. The van der Waals surface area contributed by atoms with Crippen molar-refractivity contribution in [2.24, 2.45) is 7.05 Å². The number of hydrogen-bond donors (Lipinski definition) is 0. The smallest absolute Gasteiger partial charge is 0.255 e. The monoisotopic (exact) mass is 399 g/mol. The zero-order valence-corrected chi connectivity index (χ0v) is 16.6. The molecule has 1 aliphatic heterocycles. The second-order valence-corrected chi connectivity index (χ2v) is 7.31. The van der Waals surface area contributed by atoms with Gasteiger partial charge in [0.1, 0.15) is 12.4 Å². The van der Waals surface area contributed by atoms with Gasteiger partial charge in [0.15, 0.2) is 0 Å². The molecule has 4 aromatic rings. The molecule has 1 saturated heterocycles. The molecule has 7 nitrogen and oxygen atoms in total. The van der Waals surface area contributed by atoms with Crippen molar-refractivity contribution in [3.8, 4) is 11.4 Å². The minimum Gasteiger partial charge on any atom is -0.370 e. The molecule has 30 heavy (non-hydrogen) atoms. The van der Waals surface area contributed by atoms with Gasteiger partial charge in [0.05, 0.1) is 24.5 Å². The van der Waals surface area contributed by atoms with E-state index in [0.717, 1.165) is 5.56 Å². The number of anilines is 1. The average Bonchev–Trinajstić information content (AvgIpc) is 2.81. The topological polar surface area (TPSA) is 73.1 Å². The van der Waals surface area contributed by atoms with Crippen LogP contribution in [0.1, 0.15) is 11.7 Å². The van der Waals surface area contributed by atoms with Gasteiger partial charge in [-0.1, -0.05) is 42.5 Å². The highest BCUT2D eigenvalue weighted by atomic mass is 16.5. The average molecular weight is 399 g/mol. The standard InChI is InChI=1S/C23H21N5O2/c1-27-22(29)13-20(19-9-10-24-15-25-19)26-23(27)28-11-12-30-21(14-28)18-8-4-6-16-5-2-3-7-17(16)18/h2-10,13,15,21H,11-12,14H2,1H3. The molecule has 0 spiro atoms. The van der Waals surface area contributed by atoms with Crippen LogP contribution in [0.15, 0.2) is 71.9 Å². The summed E-state index contributed by atoms with van der Waals surface area (Å²) in [6.45, 7) is 1.83. The van der Waals surface area contributed by atoms with Crippen molar-refractivity contribution in [1.82, 2.24) is 19.5 Å². The highest BCUT2D eigenvalue weighted by Crippen LogP contribution is 2.30. The third kappa shape index (κ3) is 3.33. The molecule has 1 atom stereocenters. The van der Waals surface area contributed by atoms with Crippen LogP contribution < -0.4 is 10.5 Å². The summed E-state index contributed by atoms with van der Waals surface area (Å²) in [5, 5.41) is 2.37. The van der Waals surface area contributed by atoms with Crippen LogP contribution in [0.2, 0.25) is 0 Å². The van der Waals surface area contributed by atoms with Gasteiger partial charge in [-0.15, -0.1) is 0 Å². The van der Waals surface area contributed by atoms with Crippen molar-refractivity contribution in [2.75, 3.05) is 24.6 Å². The predicted octanol–water partition coefficient (Wildman–Crippen LogP) is 2.97. The first kappa shape index (κ1) is 18.4. The minimum atomic E-state index is -0.123. The van der Waals surface area contributed by atoms with Crippen molar-refractivity contribution in [1.29, 1.82) is 0 Å². The van der Waals surface area contributed by atoms with Crippen molar-refractivity contribution in [2.45, 2.75) is 6.10 Å². The summed E-state index contributed by atoms with van der Waals surface area (Å²) in [6, 6.07) is 17.9. The van der Waals surface area contributed by atoms with Crippen LogP contribution in [0.5, 0.6) is 0 Å². The second-order valence-electron chi connectivity index (χ2n) is 7.31. The van der Waals surface area contributed by atoms with Crippen LogP contribution in [-0.4, -0.2) is 39.2 Å². The Labute approximate surface area is 173 Å². The Hall–Kier alpha value is -3.58. The maximum absolute atomic E-state index is 12.6. The molecule has 1 unspecified atom stereocenters. The van der Waals surface area contributed by atoms with E-state index in [-0.39, 0.29) is 11.7 Å². The largest absolute Gasteiger partial charge is 0.370 e. The lowest BCUT2D eigenvalue weighted by atomic mass is 9.99. The number of nitrogens with zero attached hydrogens (tertiary/aromatic N) is 5. The van der Waals surface area contributed by atoms with Crippen LogP contribution >= 0.6 is 0 Å². The first-order valence-electron chi connectivity index (χ1n) is 9.89. The second kappa shape index (κ2) is 7.68. The van der Waals surface area contributed by atoms with E-state index in [1.165, 1.54) is 23.2 Å². The van der Waals surface area contributed by atoms with Crippen LogP contribution in [0, 0.1) is 0 Å². The molecule has 2 aromatic heterocycles. The first-order valence-corrected chi connectivity index (χ1v) is 9.89. The quantitative estimate of drug-likeness (QED) is 0.527. The Kier molecular flexibility index (Phi) is 4.72. The van der Waals surface area contributed by atoms with Gasteiger partial charge in [0.2, 0.25) is 5.95 Å². The SMILES string of the molecule is Cn1c(N2CCOC(c3cccc4ccccc34)C2)nc(-c2ccncn2)cc1=O. The van der Waals surface area contributed by atoms with E-state index < -0.39 is 0 Å². The molecule has 7 heteroatoms. The fourth-order valence-electron chi connectivity index (χ4n) is 3.93. The number of aromatic nitrogens is 4. The molecular weight excluding hydrogens is 378 g/mol. The Morgan fingerprint density at radius 1 is 1.07 bits per heavy atom. The number of benzene rings is 2. The minimum absolute atomic E-state index is 0.107. The summed E-state index contributed by atoms with van der Waals surface area (Å²) >= 11 is 0. The third-order valence-corrected chi connectivity index (χ3v) is 5.48. The van der Waals surface area contributed by atoms with Gasteiger partial charge < -0.3 is 9.64 Å². The number of morpholine rings is 1. The van der Waals surface area contributed by atoms with E-state index in [1.807, 2.05) is 12.1 Å². The molecule has 150 valence electrons. The predicted molar refractivity (Wildman–Crippen MR) is 115 cm³/mol. The third-order valence-electron chi connectivity index (χ3n) is 5.48. The van der Waals surface area contributed by atoms with Gasteiger partial charge in [-0.05, 0) is 22.4 Å². The molecule has 3 heterocycles. The molecule has 0 N–H and O–H groups in total. The van der Waals surface area contributed by atoms with Gasteiger partial charge >= 0.3 is 0 Å². The molecular formula is C23H21N5O2. The van der Waals surface area contributed by atoms with Crippen LogP contribution in [0.25, 0.3) is 22.2 Å². The number of fused-ring (bicyclic) bond motifs is 1. The molecule has 0 saturated carbocycles. The van der Waals surface area contributed by atoms with Crippen LogP contribution in [0.3, 0.4) is 0 Å². The maximum atomic E-state index is 12.6. The van der Waals surface area contributed by atoms with Gasteiger partial charge in [-0.2, -0.15) is 0 Å². The maximum Gasteiger partial charge on any atom is 0.255 e. The Morgan fingerprint density at radius 3 is 2.80 bits per heavy atom. The van der Waals surface area contributed by atoms with E-state index in [4.69, 9.17) is 9.72 Å². The van der Waals surface area contributed by atoms with Gasteiger partial charge in [-0.25, -0.2) is 15.0 Å². The number of ether oxygens (including phenoxy) is 1. The Morgan fingerprint density at radius 2 is 1.93 bits per heavy atom. The molecule has 1 fully saturated rings. The summed E-state index contributed by atoms with van der Waals surface area (Å²) in [4.78, 5) is 27.7. The summed E-state index contributed by atoms with van der Waals surface area (Å²) in [5.41, 5.74) is 2.20. The van der Waals surface area contributed by atoms with Crippen molar-refractivity contribution in [3.63, 3.8) is 0 Å². The Bertz CT molecular complexity index is 1250. The first-order chi connectivity index (χ1) is 14.7. The summed E-state index contributed by atoms with van der Waals surface area (Å²) in [5.74, 6) is 0.615. The summed E-state index contributed by atoms with van der Waals surface area (Å²) in [6.07, 6.45) is 3.00. The van der Waals surface area contributed by atoms with Gasteiger partial charge in [-0.3, -0.25) is 9.36 Å².